The number of halogens is 3. The van der Waals surface area contributed by atoms with Gasteiger partial charge in [0.1, 0.15) is 16.1 Å². The predicted octanol–water partition coefficient (Wildman–Crippen LogP) is 4.61. The second-order valence-electron chi connectivity index (χ2n) is 3.40. The number of hydrogen-bond acceptors (Lipinski definition) is 3. The van der Waals surface area contributed by atoms with Gasteiger partial charge >= 0.3 is 0 Å². The second-order valence-corrected chi connectivity index (χ2v) is 4.91. The molecule has 1 aromatic heterocycles. The van der Waals surface area contributed by atoms with E-state index in [1.54, 1.807) is 0 Å². The summed E-state index contributed by atoms with van der Waals surface area (Å²) in [5.74, 6) is 1.28. The van der Waals surface area contributed by atoms with Crippen molar-refractivity contribution in [3.8, 4) is 17.1 Å². The van der Waals surface area contributed by atoms with E-state index in [1.165, 1.54) is 0 Å². The Hall–Kier alpha value is -0.840. The SMILES string of the molecule is CCOc1ccc(-c2nc(Cl)c(Br)c(Cl)n2)cc1. The fourth-order valence-corrected chi connectivity index (χ4v) is 1.96. The van der Waals surface area contributed by atoms with E-state index in [0.717, 1.165) is 11.3 Å². The van der Waals surface area contributed by atoms with Crippen LogP contribution in [0.1, 0.15) is 6.92 Å². The first kappa shape index (κ1) is 13.6. The molecule has 0 fully saturated rings. The molecule has 0 spiro atoms. The van der Waals surface area contributed by atoms with Gasteiger partial charge < -0.3 is 4.74 Å². The summed E-state index contributed by atoms with van der Waals surface area (Å²) < 4.78 is 5.86. The number of hydrogen-bond donors (Lipinski definition) is 0. The fraction of sp³-hybridized carbons (Fsp3) is 0.167. The van der Waals surface area contributed by atoms with Gasteiger partial charge in [-0.2, -0.15) is 0 Å². The lowest BCUT2D eigenvalue weighted by atomic mass is 10.2. The molecule has 2 rings (SSSR count). The van der Waals surface area contributed by atoms with Gasteiger partial charge in [-0.15, -0.1) is 0 Å². The molecule has 94 valence electrons. The highest BCUT2D eigenvalue weighted by molar-refractivity contribution is 9.10. The maximum absolute atomic E-state index is 5.94. The van der Waals surface area contributed by atoms with Gasteiger partial charge in [0.05, 0.1) is 11.1 Å². The Kier molecular flexibility index (Phi) is 4.43. The summed E-state index contributed by atoms with van der Waals surface area (Å²) in [5, 5.41) is 0.581. The van der Waals surface area contributed by atoms with Crippen molar-refractivity contribution < 1.29 is 4.74 Å². The van der Waals surface area contributed by atoms with E-state index in [1.807, 2.05) is 31.2 Å². The molecule has 6 heteroatoms. The van der Waals surface area contributed by atoms with Crippen LogP contribution in [0.3, 0.4) is 0 Å². The lowest BCUT2D eigenvalue weighted by Crippen LogP contribution is -1.93. The lowest BCUT2D eigenvalue weighted by Gasteiger charge is -2.06. The molecule has 0 aliphatic carbocycles. The Morgan fingerprint density at radius 3 is 2.17 bits per heavy atom. The zero-order valence-electron chi connectivity index (χ0n) is 9.45. The first-order chi connectivity index (χ1) is 8.61. The zero-order chi connectivity index (χ0) is 13.1. The molecule has 0 saturated carbocycles. The summed E-state index contributed by atoms with van der Waals surface area (Å²) in [6.07, 6.45) is 0. The minimum Gasteiger partial charge on any atom is -0.494 e. The van der Waals surface area contributed by atoms with Crippen molar-refractivity contribution in [2.24, 2.45) is 0 Å². The van der Waals surface area contributed by atoms with E-state index < -0.39 is 0 Å². The van der Waals surface area contributed by atoms with Crippen molar-refractivity contribution in [1.82, 2.24) is 9.97 Å². The predicted molar refractivity (Wildman–Crippen MR) is 76.4 cm³/mol. The summed E-state index contributed by atoms with van der Waals surface area (Å²) >= 11 is 15.1. The largest absolute Gasteiger partial charge is 0.494 e. The van der Waals surface area contributed by atoms with Gasteiger partial charge in [-0.05, 0) is 47.1 Å². The molecule has 1 heterocycles. The van der Waals surface area contributed by atoms with Crippen LogP contribution in [-0.4, -0.2) is 16.6 Å². The van der Waals surface area contributed by atoms with Gasteiger partial charge in [0.15, 0.2) is 5.82 Å². The zero-order valence-corrected chi connectivity index (χ0v) is 12.6. The Labute approximate surface area is 123 Å². The molecule has 18 heavy (non-hydrogen) atoms. The van der Waals surface area contributed by atoms with Crippen LogP contribution < -0.4 is 4.74 Å². The fourth-order valence-electron chi connectivity index (χ4n) is 1.39. The molecule has 0 aliphatic rings. The van der Waals surface area contributed by atoms with Gasteiger partial charge in [-0.1, -0.05) is 23.2 Å². The van der Waals surface area contributed by atoms with E-state index in [2.05, 4.69) is 25.9 Å². The molecule has 3 nitrogen and oxygen atoms in total. The number of aromatic nitrogens is 2. The third-order valence-corrected chi connectivity index (χ3v) is 3.95. The highest BCUT2D eigenvalue weighted by Crippen LogP contribution is 2.30. The maximum Gasteiger partial charge on any atom is 0.162 e. The van der Waals surface area contributed by atoms with Crippen molar-refractivity contribution >= 4 is 39.1 Å². The number of benzene rings is 1. The van der Waals surface area contributed by atoms with Crippen LogP contribution in [0, 0.1) is 0 Å². The summed E-state index contributed by atoms with van der Waals surface area (Å²) in [5.41, 5.74) is 0.828. The maximum atomic E-state index is 5.94. The molecule has 0 unspecified atom stereocenters. The van der Waals surface area contributed by atoms with Gasteiger partial charge in [0.25, 0.3) is 0 Å². The minimum atomic E-state index is 0.291. The first-order valence-corrected chi connectivity index (χ1v) is 6.78. The van der Waals surface area contributed by atoms with Gasteiger partial charge in [0, 0.05) is 5.56 Å². The topological polar surface area (TPSA) is 35.0 Å². The van der Waals surface area contributed by atoms with E-state index in [-0.39, 0.29) is 0 Å². The van der Waals surface area contributed by atoms with Crippen LogP contribution in [0.5, 0.6) is 5.75 Å². The average Bonchev–Trinajstić information content (AvgIpc) is 2.37. The van der Waals surface area contributed by atoms with E-state index in [4.69, 9.17) is 27.9 Å². The Morgan fingerprint density at radius 1 is 1.11 bits per heavy atom. The lowest BCUT2D eigenvalue weighted by molar-refractivity contribution is 0.340. The van der Waals surface area contributed by atoms with Crippen molar-refractivity contribution in [2.45, 2.75) is 6.92 Å². The van der Waals surface area contributed by atoms with Gasteiger partial charge in [0.2, 0.25) is 0 Å². The van der Waals surface area contributed by atoms with Crippen molar-refractivity contribution in [2.75, 3.05) is 6.61 Å². The molecule has 0 saturated heterocycles. The van der Waals surface area contributed by atoms with Crippen LogP contribution >= 0.6 is 39.1 Å². The van der Waals surface area contributed by atoms with Gasteiger partial charge in [-0.3, -0.25) is 0 Å². The van der Waals surface area contributed by atoms with E-state index >= 15 is 0 Å². The standard InChI is InChI=1S/C12H9BrCl2N2O/c1-2-18-8-5-3-7(4-6-8)12-16-10(14)9(13)11(15)17-12/h3-6H,2H2,1H3. The number of nitrogens with zero attached hydrogens (tertiary/aromatic N) is 2. The molecule has 0 aliphatic heterocycles. The molecule has 2 aromatic rings. The third-order valence-electron chi connectivity index (χ3n) is 2.19. The molecule has 0 radical (unpaired) electrons. The number of ether oxygens (including phenoxy) is 1. The molecule has 0 amide bonds. The van der Waals surface area contributed by atoms with Crippen LogP contribution in [0.25, 0.3) is 11.4 Å². The van der Waals surface area contributed by atoms with Crippen LogP contribution in [0.4, 0.5) is 0 Å². The smallest absolute Gasteiger partial charge is 0.162 e. The summed E-state index contributed by atoms with van der Waals surface area (Å²) in [4.78, 5) is 8.32. The monoisotopic (exact) mass is 346 g/mol. The number of rotatable bonds is 3. The molecule has 0 bridgehead atoms. The summed E-state index contributed by atoms with van der Waals surface area (Å²) in [6.45, 7) is 2.57. The summed E-state index contributed by atoms with van der Waals surface area (Å²) in [7, 11) is 0. The van der Waals surface area contributed by atoms with E-state index in [9.17, 15) is 0 Å². The Morgan fingerprint density at radius 2 is 1.67 bits per heavy atom. The van der Waals surface area contributed by atoms with Gasteiger partial charge in [-0.25, -0.2) is 9.97 Å². The normalized spacial score (nSPS) is 10.4. The van der Waals surface area contributed by atoms with Crippen LogP contribution in [-0.2, 0) is 0 Å². The second kappa shape index (κ2) is 5.87. The molecular weight excluding hydrogens is 339 g/mol. The quantitative estimate of drug-likeness (QED) is 0.760. The average molecular weight is 348 g/mol. The van der Waals surface area contributed by atoms with E-state index in [0.29, 0.717) is 27.2 Å². The van der Waals surface area contributed by atoms with Crippen LogP contribution in [0.15, 0.2) is 28.7 Å². The highest BCUT2D eigenvalue weighted by Gasteiger charge is 2.10. The molecule has 0 N–H and O–H groups in total. The van der Waals surface area contributed by atoms with Crippen molar-refractivity contribution in [1.29, 1.82) is 0 Å². The summed E-state index contributed by atoms with van der Waals surface area (Å²) in [6, 6.07) is 7.43. The first-order valence-electron chi connectivity index (χ1n) is 5.23. The van der Waals surface area contributed by atoms with Crippen LogP contribution in [0.2, 0.25) is 10.3 Å². The molecule has 0 atom stereocenters. The molecular formula is C12H9BrCl2N2O. The minimum absolute atomic E-state index is 0.291. The Balaban J connectivity index is 2.36. The van der Waals surface area contributed by atoms with Crippen molar-refractivity contribution in [3.05, 3.63) is 39.0 Å². The highest BCUT2D eigenvalue weighted by atomic mass is 79.9. The van der Waals surface area contributed by atoms with Crippen molar-refractivity contribution in [3.63, 3.8) is 0 Å². The third kappa shape index (κ3) is 2.94. The molecule has 1 aromatic carbocycles. The Bertz CT molecular complexity index is 537.